The normalized spacial score (nSPS) is 16.0. The zero-order chi connectivity index (χ0) is 5.86. The van der Waals surface area contributed by atoms with Crippen molar-refractivity contribution >= 4 is 0 Å². The molecule has 0 aromatic rings. The van der Waals surface area contributed by atoms with Crippen molar-refractivity contribution in [3.05, 3.63) is 0 Å². The third-order valence-electron chi connectivity index (χ3n) is 0.471. The lowest BCUT2D eigenvalue weighted by Gasteiger charge is -1.90. The van der Waals surface area contributed by atoms with E-state index in [9.17, 15) is 0 Å². The van der Waals surface area contributed by atoms with E-state index in [1.54, 1.807) is 0 Å². The van der Waals surface area contributed by atoms with E-state index in [2.05, 4.69) is 0 Å². The van der Waals surface area contributed by atoms with Crippen molar-refractivity contribution in [2.45, 2.75) is 27.1 Å². The molecule has 5 heavy (non-hydrogen) atoms. The fourth-order valence-electron chi connectivity index (χ4n) is 0. The van der Waals surface area contributed by atoms with Gasteiger partial charge in [0.15, 0.2) is 0 Å². The molecule has 0 rings (SSSR count). The summed E-state index contributed by atoms with van der Waals surface area (Å²) in [5, 5.41) is 0. The lowest BCUT2D eigenvalue weighted by atomic mass is 10.2. The Bertz CT molecular complexity index is 35.3. The summed E-state index contributed by atoms with van der Waals surface area (Å²) in [6.07, 6.45) is 0.694. The van der Waals surface area contributed by atoms with Crippen LogP contribution in [0.5, 0.6) is 0 Å². The van der Waals surface area contributed by atoms with E-state index in [0.29, 0.717) is 12.3 Å². The highest BCUT2D eigenvalue weighted by Crippen LogP contribution is 1.93. The van der Waals surface area contributed by atoms with Crippen LogP contribution in [0.2, 0.25) is 0 Å². The van der Waals surface area contributed by atoms with Crippen LogP contribution in [0.4, 0.5) is 0 Å². The molecule has 0 saturated carbocycles. The molecule has 0 heteroatoms. The van der Waals surface area contributed by atoms with E-state index in [4.69, 9.17) is 2.74 Å². The van der Waals surface area contributed by atoms with Gasteiger partial charge in [0, 0.05) is 2.74 Å². The molecule has 32 valence electrons. The van der Waals surface area contributed by atoms with Gasteiger partial charge in [-0.25, -0.2) is 0 Å². The molecule has 0 aromatic carbocycles. The molecule has 0 radical (unpaired) electrons. The van der Waals surface area contributed by atoms with Gasteiger partial charge in [-0.3, -0.25) is 0 Å². The first kappa shape index (κ1) is 2.22. The van der Waals surface area contributed by atoms with Crippen molar-refractivity contribution in [3.63, 3.8) is 0 Å². The predicted octanol–water partition coefficient (Wildman–Crippen LogP) is 2.05. The molecule has 0 aliphatic carbocycles. The Balaban J connectivity index is 2.95. The summed E-state index contributed by atoms with van der Waals surface area (Å²) in [6, 6.07) is 0. The van der Waals surface area contributed by atoms with Gasteiger partial charge < -0.3 is 0 Å². The molecule has 0 spiro atoms. The van der Waals surface area contributed by atoms with Crippen LogP contribution in [0.3, 0.4) is 0 Å². The standard InChI is InChI=1S/C5H12/c1-4-5(2)3/h5H,4H2,1-3H3/i1D2. The molecular formula is C5H12. The molecule has 0 unspecified atom stereocenters. The molecule has 0 N–H and O–H groups in total. The Labute approximate surface area is 37.0 Å². The van der Waals surface area contributed by atoms with Crippen LogP contribution in [0, 0.1) is 5.92 Å². The number of hydrogen-bond donors (Lipinski definition) is 0. The Hall–Kier alpha value is 0. The van der Waals surface area contributed by atoms with Crippen LogP contribution in [-0.2, 0) is 0 Å². The monoisotopic (exact) mass is 74.1 g/mol. The summed E-state index contributed by atoms with van der Waals surface area (Å²) < 4.78 is 13.5. The smallest absolute Gasteiger partial charge is 0.0230 e. The number of hydrogen-bond acceptors (Lipinski definition) is 0. The molecule has 0 saturated heterocycles. The minimum Gasteiger partial charge on any atom is -0.0651 e. The van der Waals surface area contributed by atoms with Gasteiger partial charge in [0.25, 0.3) is 0 Å². The Morgan fingerprint density at radius 3 is 2.40 bits per heavy atom. The predicted molar refractivity (Wildman–Crippen MR) is 25.1 cm³/mol. The van der Waals surface area contributed by atoms with Crippen LogP contribution in [0.1, 0.15) is 29.9 Å². The van der Waals surface area contributed by atoms with Gasteiger partial charge in [-0.2, -0.15) is 0 Å². The van der Waals surface area contributed by atoms with Crippen molar-refractivity contribution in [1.29, 1.82) is 0 Å². The molecule has 0 heterocycles. The van der Waals surface area contributed by atoms with Crippen LogP contribution in [0.15, 0.2) is 0 Å². The van der Waals surface area contributed by atoms with E-state index in [0.717, 1.165) is 0 Å². The first-order valence-corrected chi connectivity index (χ1v) is 1.97. The third kappa shape index (κ3) is 4.00. The second kappa shape index (κ2) is 2.25. The van der Waals surface area contributed by atoms with E-state index in [-0.39, 0.29) is 0 Å². The zero-order valence-electron chi connectivity index (χ0n) is 5.86. The minimum absolute atomic E-state index is 0.500. The van der Waals surface area contributed by atoms with Crippen molar-refractivity contribution < 1.29 is 2.74 Å². The van der Waals surface area contributed by atoms with E-state index >= 15 is 0 Å². The topological polar surface area (TPSA) is 0 Å². The van der Waals surface area contributed by atoms with Gasteiger partial charge in [0.05, 0.1) is 0 Å². The first-order valence-electron chi connectivity index (χ1n) is 3.13. The largest absolute Gasteiger partial charge is 0.0651 e. The second-order valence-electron chi connectivity index (χ2n) is 1.63. The van der Waals surface area contributed by atoms with Crippen molar-refractivity contribution in [3.8, 4) is 0 Å². The van der Waals surface area contributed by atoms with Crippen LogP contribution < -0.4 is 0 Å². The Kier molecular flexibility index (Phi) is 1.00. The summed E-state index contributed by atoms with van der Waals surface area (Å²) in [6.45, 7) is 3.42. The van der Waals surface area contributed by atoms with Gasteiger partial charge in [0.1, 0.15) is 0 Å². The third-order valence-corrected chi connectivity index (χ3v) is 0.471. The number of rotatable bonds is 1. The fourth-order valence-corrected chi connectivity index (χ4v) is 0. The Morgan fingerprint density at radius 1 is 1.80 bits per heavy atom. The van der Waals surface area contributed by atoms with E-state index in [1.807, 2.05) is 13.8 Å². The molecule has 0 aromatic heterocycles. The van der Waals surface area contributed by atoms with Gasteiger partial charge in [-0.15, -0.1) is 0 Å². The maximum absolute atomic E-state index is 6.77. The summed E-state index contributed by atoms with van der Waals surface area (Å²) in [5.74, 6) is 0.500. The molecule has 0 bridgehead atoms. The van der Waals surface area contributed by atoms with Crippen LogP contribution in [-0.4, -0.2) is 0 Å². The van der Waals surface area contributed by atoms with E-state index in [1.165, 1.54) is 0 Å². The van der Waals surface area contributed by atoms with E-state index < -0.39 is 6.88 Å². The summed E-state index contributed by atoms with van der Waals surface area (Å²) in [5.41, 5.74) is 0. The van der Waals surface area contributed by atoms with Gasteiger partial charge >= 0.3 is 0 Å². The average molecular weight is 74.2 g/mol. The lowest BCUT2D eigenvalue weighted by Crippen LogP contribution is -1.77. The van der Waals surface area contributed by atoms with Crippen LogP contribution >= 0.6 is 0 Å². The maximum Gasteiger partial charge on any atom is 0.0230 e. The molecule has 0 aliphatic heterocycles. The van der Waals surface area contributed by atoms with Crippen LogP contribution in [0.25, 0.3) is 0 Å². The molecule has 0 amide bonds. The highest BCUT2D eigenvalue weighted by molar-refractivity contribution is 4.32. The quantitative estimate of drug-likeness (QED) is 0.446. The van der Waals surface area contributed by atoms with Gasteiger partial charge in [-0.1, -0.05) is 27.1 Å². The van der Waals surface area contributed by atoms with Crippen molar-refractivity contribution in [1.82, 2.24) is 0 Å². The summed E-state index contributed by atoms with van der Waals surface area (Å²) >= 11 is 0. The zero-order valence-corrected chi connectivity index (χ0v) is 3.86. The minimum atomic E-state index is -0.625. The summed E-state index contributed by atoms with van der Waals surface area (Å²) in [4.78, 5) is 0. The maximum atomic E-state index is 6.77. The van der Waals surface area contributed by atoms with Crippen molar-refractivity contribution in [2.24, 2.45) is 5.92 Å². The molecular weight excluding hydrogens is 60.1 g/mol. The molecule has 0 fully saturated rings. The molecule has 0 atom stereocenters. The molecule has 0 aliphatic rings. The highest BCUT2D eigenvalue weighted by atomic mass is 13.9. The first-order chi connectivity index (χ1) is 3.13. The lowest BCUT2D eigenvalue weighted by molar-refractivity contribution is 0.626. The van der Waals surface area contributed by atoms with Crippen molar-refractivity contribution in [2.75, 3.05) is 0 Å². The fraction of sp³-hybridized carbons (Fsp3) is 1.00. The summed E-state index contributed by atoms with van der Waals surface area (Å²) in [7, 11) is 0. The van der Waals surface area contributed by atoms with Gasteiger partial charge in [0.2, 0.25) is 0 Å². The SMILES string of the molecule is [2H]C([2H])CC(C)C. The average Bonchev–Trinajstić information content (AvgIpc) is 1.27. The molecule has 0 nitrogen and oxygen atoms in total. The Morgan fingerprint density at radius 2 is 2.40 bits per heavy atom. The second-order valence-corrected chi connectivity index (χ2v) is 1.63. The highest BCUT2D eigenvalue weighted by Gasteiger charge is 1.80. The van der Waals surface area contributed by atoms with Gasteiger partial charge in [-0.05, 0) is 5.92 Å².